The Balaban J connectivity index is 1.76. The van der Waals surface area contributed by atoms with Crippen LogP contribution < -0.4 is 5.32 Å². The van der Waals surface area contributed by atoms with Gasteiger partial charge in [-0.3, -0.25) is 0 Å². The molecule has 0 saturated heterocycles. The van der Waals surface area contributed by atoms with E-state index in [4.69, 9.17) is 0 Å². The van der Waals surface area contributed by atoms with Gasteiger partial charge >= 0.3 is 0 Å². The second-order valence-corrected chi connectivity index (χ2v) is 6.63. The van der Waals surface area contributed by atoms with Gasteiger partial charge in [0.05, 0.1) is 0 Å². The van der Waals surface area contributed by atoms with Crippen molar-refractivity contribution >= 4 is 11.3 Å². The van der Waals surface area contributed by atoms with Crippen LogP contribution in [0.3, 0.4) is 0 Å². The molecule has 1 aromatic heterocycles. The summed E-state index contributed by atoms with van der Waals surface area (Å²) in [5, 5.41) is 13.2. The van der Waals surface area contributed by atoms with Crippen molar-refractivity contribution in [1.29, 1.82) is 0 Å². The zero-order valence-electron chi connectivity index (χ0n) is 11.3. The van der Waals surface area contributed by atoms with E-state index >= 15 is 0 Å². The van der Waals surface area contributed by atoms with Gasteiger partial charge in [0.1, 0.15) is 5.75 Å². The molecule has 1 aliphatic rings. The number of benzene rings is 1. The summed E-state index contributed by atoms with van der Waals surface area (Å²) in [7, 11) is 0. The topological polar surface area (TPSA) is 32.3 Å². The molecule has 0 amide bonds. The molecular weight excluding hydrogens is 254 g/mol. The molecule has 2 N–H and O–H groups in total. The number of aromatic hydroxyl groups is 1. The van der Waals surface area contributed by atoms with Crippen LogP contribution in [-0.4, -0.2) is 5.11 Å². The van der Waals surface area contributed by atoms with Gasteiger partial charge in [-0.2, -0.15) is 0 Å². The molecule has 19 heavy (non-hydrogen) atoms. The first-order valence-electron chi connectivity index (χ1n) is 6.77. The highest BCUT2D eigenvalue weighted by Gasteiger charge is 2.24. The number of phenolic OH excluding ortho intramolecular Hbond substituents is 1. The lowest BCUT2D eigenvalue weighted by atomic mass is 10.1. The summed E-state index contributed by atoms with van der Waals surface area (Å²) in [6.07, 6.45) is 2.17. The molecule has 0 fully saturated rings. The van der Waals surface area contributed by atoms with Crippen molar-refractivity contribution in [3.63, 3.8) is 0 Å². The van der Waals surface area contributed by atoms with Gasteiger partial charge in [0, 0.05) is 21.8 Å². The van der Waals surface area contributed by atoms with Gasteiger partial charge in [-0.1, -0.05) is 6.07 Å². The highest BCUT2D eigenvalue weighted by atomic mass is 32.1. The van der Waals surface area contributed by atoms with E-state index in [9.17, 15) is 5.11 Å². The maximum absolute atomic E-state index is 9.53. The van der Waals surface area contributed by atoms with Gasteiger partial charge < -0.3 is 10.4 Å². The minimum absolute atomic E-state index is 0.376. The lowest BCUT2D eigenvalue weighted by Crippen LogP contribution is -2.22. The van der Waals surface area contributed by atoms with E-state index in [2.05, 4.69) is 37.4 Å². The van der Waals surface area contributed by atoms with E-state index in [0.717, 1.165) is 12.8 Å². The third kappa shape index (κ3) is 2.53. The third-order valence-corrected chi connectivity index (χ3v) is 5.03. The molecule has 3 rings (SSSR count). The number of hydrogen-bond donors (Lipinski definition) is 2. The van der Waals surface area contributed by atoms with Gasteiger partial charge in [-0.05, 0) is 62.1 Å². The summed E-state index contributed by atoms with van der Waals surface area (Å²) in [5.41, 5.74) is 2.63. The summed E-state index contributed by atoms with van der Waals surface area (Å²) in [6, 6.07) is 10.9. The van der Waals surface area contributed by atoms with Gasteiger partial charge in [0.25, 0.3) is 0 Å². The Morgan fingerprint density at radius 1 is 1.32 bits per heavy atom. The summed E-state index contributed by atoms with van der Waals surface area (Å²) in [5.74, 6) is 0.376. The summed E-state index contributed by atoms with van der Waals surface area (Å²) in [6.45, 7) is 4.37. The molecule has 2 nitrogen and oxygen atoms in total. The highest BCUT2D eigenvalue weighted by molar-refractivity contribution is 7.12. The number of phenols is 1. The number of fused-ring (bicyclic) bond motifs is 1. The predicted octanol–water partition coefficient (Wildman–Crippen LogP) is 4.10. The molecule has 2 unspecified atom stereocenters. The Bertz CT molecular complexity index is 590. The molecule has 1 aromatic carbocycles. The maximum Gasteiger partial charge on any atom is 0.115 e. The van der Waals surface area contributed by atoms with Crippen molar-refractivity contribution in [2.24, 2.45) is 0 Å². The van der Waals surface area contributed by atoms with Crippen molar-refractivity contribution in [2.45, 2.75) is 38.8 Å². The monoisotopic (exact) mass is 273 g/mol. The maximum atomic E-state index is 9.53. The van der Waals surface area contributed by atoms with Crippen LogP contribution in [0.2, 0.25) is 0 Å². The fourth-order valence-corrected chi connectivity index (χ4v) is 3.74. The van der Waals surface area contributed by atoms with Gasteiger partial charge in [-0.25, -0.2) is 0 Å². The molecule has 1 heterocycles. The number of hydrogen-bond acceptors (Lipinski definition) is 3. The Morgan fingerprint density at radius 2 is 2.16 bits per heavy atom. The van der Waals surface area contributed by atoms with Crippen molar-refractivity contribution in [3.8, 4) is 5.75 Å². The molecule has 0 radical (unpaired) electrons. The van der Waals surface area contributed by atoms with E-state index in [-0.39, 0.29) is 0 Å². The molecule has 0 aliphatic heterocycles. The van der Waals surface area contributed by atoms with Gasteiger partial charge in [0.2, 0.25) is 0 Å². The average molecular weight is 273 g/mol. The van der Waals surface area contributed by atoms with Crippen LogP contribution in [0.25, 0.3) is 0 Å². The number of rotatable bonds is 3. The van der Waals surface area contributed by atoms with Crippen LogP contribution in [0.4, 0.5) is 0 Å². The van der Waals surface area contributed by atoms with Crippen molar-refractivity contribution < 1.29 is 5.11 Å². The lowest BCUT2D eigenvalue weighted by Gasteiger charge is -2.19. The van der Waals surface area contributed by atoms with E-state index in [1.165, 1.54) is 20.9 Å². The standard InChI is InChI=1S/C16H19NOS/c1-10-3-8-16(19-10)11(2)17-15-7-4-12-9-13(18)5-6-14(12)15/h3,5-6,8-9,11,15,17-18H,4,7H2,1-2H3. The number of nitrogens with one attached hydrogen (secondary N) is 1. The normalized spacial score (nSPS) is 19.4. The molecular formula is C16H19NOS. The van der Waals surface area contributed by atoms with Crippen LogP contribution in [0.5, 0.6) is 5.75 Å². The molecule has 0 bridgehead atoms. The molecule has 2 atom stereocenters. The highest BCUT2D eigenvalue weighted by Crippen LogP contribution is 2.35. The largest absolute Gasteiger partial charge is 0.508 e. The van der Waals surface area contributed by atoms with E-state index < -0.39 is 0 Å². The average Bonchev–Trinajstić information content (AvgIpc) is 2.96. The summed E-state index contributed by atoms with van der Waals surface area (Å²) >= 11 is 1.86. The Hall–Kier alpha value is -1.32. The third-order valence-electron chi connectivity index (χ3n) is 3.84. The predicted molar refractivity (Wildman–Crippen MR) is 79.8 cm³/mol. The molecule has 0 saturated carbocycles. The number of aryl methyl sites for hydroxylation is 2. The van der Waals surface area contributed by atoms with Crippen LogP contribution >= 0.6 is 11.3 Å². The number of thiophene rings is 1. The van der Waals surface area contributed by atoms with Crippen LogP contribution in [0.15, 0.2) is 30.3 Å². The Kier molecular flexibility index (Phi) is 3.33. The van der Waals surface area contributed by atoms with Crippen molar-refractivity contribution in [2.75, 3.05) is 0 Å². The quantitative estimate of drug-likeness (QED) is 0.882. The Labute approximate surface area is 118 Å². The molecule has 0 spiro atoms. The van der Waals surface area contributed by atoms with Gasteiger partial charge in [-0.15, -0.1) is 11.3 Å². The van der Waals surface area contributed by atoms with E-state index in [1.54, 1.807) is 6.07 Å². The summed E-state index contributed by atoms with van der Waals surface area (Å²) in [4.78, 5) is 2.75. The zero-order chi connectivity index (χ0) is 13.4. The molecule has 3 heteroatoms. The SMILES string of the molecule is Cc1ccc(C(C)NC2CCc3cc(O)ccc32)s1. The minimum atomic E-state index is 0.376. The molecule has 100 valence electrons. The fraction of sp³-hybridized carbons (Fsp3) is 0.375. The zero-order valence-corrected chi connectivity index (χ0v) is 12.1. The second kappa shape index (κ2) is 4.99. The first kappa shape index (κ1) is 12.7. The lowest BCUT2D eigenvalue weighted by molar-refractivity contribution is 0.468. The first-order chi connectivity index (χ1) is 9.13. The van der Waals surface area contributed by atoms with Crippen LogP contribution in [0.1, 0.15) is 46.3 Å². The smallest absolute Gasteiger partial charge is 0.115 e. The van der Waals surface area contributed by atoms with E-state index in [1.807, 2.05) is 17.4 Å². The van der Waals surface area contributed by atoms with Gasteiger partial charge in [0.15, 0.2) is 0 Å². The van der Waals surface area contributed by atoms with Crippen LogP contribution in [-0.2, 0) is 6.42 Å². The van der Waals surface area contributed by atoms with Crippen molar-refractivity contribution in [1.82, 2.24) is 5.32 Å². The molecule has 1 aliphatic carbocycles. The first-order valence-corrected chi connectivity index (χ1v) is 7.59. The second-order valence-electron chi connectivity index (χ2n) is 5.31. The minimum Gasteiger partial charge on any atom is -0.508 e. The Morgan fingerprint density at radius 3 is 2.89 bits per heavy atom. The fourth-order valence-electron chi connectivity index (χ4n) is 2.85. The molecule has 2 aromatic rings. The van der Waals surface area contributed by atoms with E-state index in [0.29, 0.717) is 17.8 Å². The van der Waals surface area contributed by atoms with Crippen molar-refractivity contribution in [3.05, 3.63) is 51.2 Å². The summed E-state index contributed by atoms with van der Waals surface area (Å²) < 4.78 is 0. The van der Waals surface area contributed by atoms with Crippen LogP contribution in [0, 0.1) is 6.92 Å².